The van der Waals surface area contributed by atoms with Crippen molar-refractivity contribution in [2.24, 2.45) is 5.92 Å². The molecule has 9 heteroatoms. The summed E-state index contributed by atoms with van der Waals surface area (Å²) in [5, 5.41) is 23.5. The van der Waals surface area contributed by atoms with Crippen molar-refractivity contribution in [3.05, 3.63) is 89.0 Å². The fourth-order valence-electron chi connectivity index (χ4n) is 4.79. The van der Waals surface area contributed by atoms with Crippen LogP contribution in [-0.2, 0) is 9.59 Å². The average Bonchev–Trinajstić information content (AvgIpc) is 3.39. The minimum absolute atomic E-state index is 0. The van der Waals surface area contributed by atoms with Gasteiger partial charge in [0, 0.05) is 29.3 Å². The Balaban J connectivity index is 0.00000162. The summed E-state index contributed by atoms with van der Waals surface area (Å²) in [4.78, 5) is 23.5. The number of hydrogen-bond acceptors (Lipinski definition) is 7. The van der Waals surface area contributed by atoms with E-state index in [0.717, 1.165) is 16.7 Å². The molecule has 5 rings (SSSR count). The Morgan fingerprint density at radius 2 is 1.44 bits per heavy atom. The molecule has 3 atom stereocenters. The normalized spacial score (nSPS) is 19.4. The van der Waals surface area contributed by atoms with Gasteiger partial charge in [0.1, 0.15) is 12.4 Å². The zero-order valence-electron chi connectivity index (χ0n) is 18.9. The number of hydrogen-bond donors (Lipinski definition) is 0. The quantitative estimate of drug-likeness (QED) is 0.329. The van der Waals surface area contributed by atoms with Gasteiger partial charge in [0.05, 0.1) is 5.97 Å². The maximum Gasteiger partial charge on any atom is 1.00 e. The van der Waals surface area contributed by atoms with Crippen molar-refractivity contribution < 1.29 is 93.1 Å². The number of benzene rings is 3. The maximum atomic E-state index is 12.5. The van der Waals surface area contributed by atoms with Crippen LogP contribution >= 0.6 is 0 Å². The molecule has 0 saturated heterocycles. The van der Waals surface area contributed by atoms with Gasteiger partial charge in [0.25, 0.3) is 0 Å². The number of rotatable bonds is 6. The van der Waals surface area contributed by atoms with E-state index < -0.39 is 36.3 Å². The summed E-state index contributed by atoms with van der Waals surface area (Å²) >= 11 is 0. The zero-order chi connectivity index (χ0) is 22.2. The maximum absolute atomic E-state index is 12.5. The first-order chi connectivity index (χ1) is 15.5. The first kappa shape index (κ1) is 26.6. The van der Waals surface area contributed by atoms with Gasteiger partial charge in [-0.05, 0) is 34.9 Å². The molecule has 3 aromatic carbocycles. The second-order valence-corrected chi connectivity index (χ2v) is 7.74. The van der Waals surface area contributed by atoms with Gasteiger partial charge in [-0.15, -0.1) is 0 Å². The zero-order valence-corrected chi connectivity index (χ0v) is 22.9. The van der Waals surface area contributed by atoms with E-state index >= 15 is 0 Å². The number of carboxylic acid groups (broad SMARTS) is 2. The van der Waals surface area contributed by atoms with E-state index in [2.05, 4.69) is 0 Å². The van der Waals surface area contributed by atoms with Crippen LogP contribution in [0.1, 0.15) is 34.1 Å². The molecule has 0 fully saturated rings. The first-order valence-electron chi connectivity index (χ1n) is 10.2. The van der Waals surface area contributed by atoms with E-state index in [1.54, 1.807) is 36.4 Å². The predicted octanol–water partition coefficient (Wildman–Crippen LogP) is -4.80. The summed E-state index contributed by atoms with van der Waals surface area (Å²) < 4.78 is 16.3. The molecular weight excluding hydrogens is 458 g/mol. The van der Waals surface area contributed by atoms with Gasteiger partial charge in [0.15, 0.2) is 11.5 Å². The van der Waals surface area contributed by atoms with Crippen LogP contribution in [0.5, 0.6) is 17.2 Å². The molecule has 0 aromatic heterocycles. The van der Waals surface area contributed by atoms with Crippen molar-refractivity contribution in [3.8, 4) is 17.2 Å². The largest absolute Gasteiger partial charge is 1.00 e. The van der Waals surface area contributed by atoms with Gasteiger partial charge in [-0.1, -0.05) is 48.5 Å². The van der Waals surface area contributed by atoms with Gasteiger partial charge in [-0.2, -0.15) is 0 Å². The molecule has 1 aliphatic heterocycles. The second kappa shape index (κ2) is 11.2. The van der Waals surface area contributed by atoms with Crippen LogP contribution in [0.4, 0.5) is 0 Å². The van der Waals surface area contributed by atoms with Gasteiger partial charge in [0.2, 0.25) is 6.79 Å². The number of para-hydroxylation sites is 1. The first-order valence-corrected chi connectivity index (χ1v) is 10.2. The Morgan fingerprint density at radius 3 is 2.12 bits per heavy atom. The predicted molar refractivity (Wildman–Crippen MR) is 108 cm³/mol. The van der Waals surface area contributed by atoms with Crippen molar-refractivity contribution >= 4 is 11.9 Å². The summed E-state index contributed by atoms with van der Waals surface area (Å²) in [5.74, 6) is -3.12. The molecule has 0 saturated carbocycles. The second-order valence-electron chi connectivity index (χ2n) is 7.74. The van der Waals surface area contributed by atoms with Gasteiger partial charge >= 0.3 is 59.1 Å². The fourth-order valence-corrected chi connectivity index (χ4v) is 4.79. The van der Waals surface area contributed by atoms with Crippen molar-refractivity contribution in [1.29, 1.82) is 0 Å². The third-order valence-corrected chi connectivity index (χ3v) is 6.01. The molecule has 1 unspecified atom stereocenters. The minimum Gasteiger partial charge on any atom is -0.550 e. The molecule has 2 aliphatic rings. The molecule has 0 amide bonds. The summed E-state index contributed by atoms with van der Waals surface area (Å²) in [6.07, 6.45) is 0. The average molecular weight is 476 g/mol. The monoisotopic (exact) mass is 476 g/mol. The number of aliphatic carboxylic acids is 2. The van der Waals surface area contributed by atoms with E-state index in [0.29, 0.717) is 22.8 Å². The van der Waals surface area contributed by atoms with Crippen LogP contribution in [-0.4, -0.2) is 25.3 Å². The van der Waals surface area contributed by atoms with Gasteiger partial charge in [-0.3, -0.25) is 0 Å². The van der Waals surface area contributed by atoms with Crippen LogP contribution < -0.4 is 83.5 Å². The van der Waals surface area contributed by atoms with E-state index in [4.69, 9.17) is 14.2 Å². The minimum atomic E-state index is -1.36. The summed E-state index contributed by atoms with van der Waals surface area (Å²) in [5.41, 5.74) is 3.04. The Labute approximate surface area is 240 Å². The molecule has 162 valence electrons. The molecule has 1 aliphatic carbocycles. The van der Waals surface area contributed by atoms with Gasteiger partial charge in [-0.25, -0.2) is 0 Å². The Morgan fingerprint density at radius 1 is 0.824 bits per heavy atom. The summed E-state index contributed by atoms with van der Waals surface area (Å²) in [6.45, 7) is -0.511. The van der Waals surface area contributed by atoms with Crippen LogP contribution in [0.2, 0.25) is 0 Å². The number of carbonyl (C=O) groups is 2. The molecular formula is C25H18Na2O7. The number of ether oxygens (including phenoxy) is 3. The van der Waals surface area contributed by atoms with Crippen LogP contribution in [0, 0.1) is 5.92 Å². The van der Waals surface area contributed by atoms with Gasteiger partial charge < -0.3 is 34.0 Å². The van der Waals surface area contributed by atoms with E-state index in [1.165, 1.54) is 0 Å². The SMILES string of the molecule is O=C([O-])COc1ccccc1[C@@H]1c2ccccc2[C@H](c2ccc3c(c2)OCO3)C1C(=O)[O-].[Na+].[Na+]. The number of carboxylic acids is 2. The third kappa shape index (κ3) is 4.87. The molecule has 0 N–H and O–H groups in total. The molecule has 3 aromatic rings. The molecule has 0 spiro atoms. The Bertz CT molecular complexity index is 1210. The summed E-state index contributed by atoms with van der Waals surface area (Å²) in [6, 6.07) is 19.8. The van der Waals surface area contributed by atoms with Crippen LogP contribution in [0.3, 0.4) is 0 Å². The smallest absolute Gasteiger partial charge is 0.550 e. The standard InChI is InChI=1S/C25H20O7.2Na/c26-21(27)12-30-18-8-4-3-7-17(18)23-16-6-2-1-5-15(16)22(24(23)25(28)29)14-9-10-19-20(11-14)32-13-31-19;;/h1-11,22-24H,12-13H2,(H,26,27)(H,28,29);;/q;2*+1/p-2/t22-,23-,24?;;/m0../s1. The van der Waals surface area contributed by atoms with Crippen molar-refractivity contribution in [1.82, 2.24) is 0 Å². The van der Waals surface area contributed by atoms with Crippen LogP contribution in [0.25, 0.3) is 0 Å². The molecule has 0 bridgehead atoms. The van der Waals surface area contributed by atoms with Crippen molar-refractivity contribution in [2.45, 2.75) is 11.8 Å². The van der Waals surface area contributed by atoms with Crippen LogP contribution in [0.15, 0.2) is 66.7 Å². The van der Waals surface area contributed by atoms with E-state index in [-0.39, 0.29) is 65.9 Å². The third-order valence-electron chi connectivity index (χ3n) is 6.01. The van der Waals surface area contributed by atoms with Crippen molar-refractivity contribution in [3.63, 3.8) is 0 Å². The molecule has 34 heavy (non-hydrogen) atoms. The molecule has 7 nitrogen and oxygen atoms in total. The topological polar surface area (TPSA) is 108 Å². The fraction of sp³-hybridized carbons (Fsp3) is 0.200. The number of carbonyl (C=O) groups excluding carboxylic acids is 2. The van der Waals surface area contributed by atoms with E-state index in [9.17, 15) is 19.8 Å². The molecule has 0 radical (unpaired) electrons. The number of fused-ring (bicyclic) bond motifs is 2. The Hall–Kier alpha value is -2.00. The molecule has 1 heterocycles. The van der Waals surface area contributed by atoms with E-state index in [1.807, 2.05) is 30.3 Å². The van der Waals surface area contributed by atoms with Crippen molar-refractivity contribution in [2.75, 3.05) is 13.4 Å². The Kier molecular flexibility index (Phi) is 8.73. The summed E-state index contributed by atoms with van der Waals surface area (Å²) in [7, 11) is 0.